The van der Waals surface area contributed by atoms with E-state index in [0.29, 0.717) is 12.1 Å². The van der Waals surface area contributed by atoms with Crippen molar-refractivity contribution in [2.75, 3.05) is 6.54 Å². The second-order valence-corrected chi connectivity index (χ2v) is 5.38. The summed E-state index contributed by atoms with van der Waals surface area (Å²) in [4.78, 5) is 0. The van der Waals surface area contributed by atoms with Gasteiger partial charge in [-0.05, 0) is 56.3 Å². The highest BCUT2D eigenvalue weighted by Gasteiger charge is 2.17. The number of hydrogen-bond acceptors (Lipinski definition) is 2. The molecule has 0 atom stereocenters. The first kappa shape index (κ1) is 12.9. The molecule has 0 unspecified atom stereocenters. The van der Waals surface area contributed by atoms with Gasteiger partial charge < -0.3 is 11.1 Å². The maximum Gasteiger partial charge on any atom is 0.0406 e. The monoisotopic (exact) mass is 252 g/mol. The molecule has 1 fully saturated rings. The van der Waals surface area contributed by atoms with E-state index in [2.05, 4.69) is 17.4 Å². The third-order valence-corrected chi connectivity index (χ3v) is 3.78. The predicted octanol–water partition coefficient (Wildman–Crippen LogP) is 2.74. The van der Waals surface area contributed by atoms with Crippen LogP contribution in [0.15, 0.2) is 24.3 Å². The average Bonchev–Trinajstić information content (AvgIpc) is 2.34. The van der Waals surface area contributed by atoms with Crippen molar-refractivity contribution in [3.8, 4) is 0 Å². The minimum atomic E-state index is 0.435. The lowest BCUT2D eigenvalue weighted by Gasteiger charge is -2.26. The summed E-state index contributed by atoms with van der Waals surface area (Å²) in [5, 5.41) is 4.43. The molecule has 1 aromatic rings. The molecule has 0 bridgehead atoms. The van der Waals surface area contributed by atoms with Gasteiger partial charge >= 0.3 is 0 Å². The summed E-state index contributed by atoms with van der Waals surface area (Å²) in [5.74, 6) is 0. The molecular formula is C14H21ClN2. The van der Waals surface area contributed by atoms with Crippen LogP contribution in [0.5, 0.6) is 0 Å². The van der Waals surface area contributed by atoms with Crippen LogP contribution in [-0.2, 0) is 6.42 Å². The summed E-state index contributed by atoms with van der Waals surface area (Å²) in [7, 11) is 0. The maximum atomic E-state index is 5.89. The van der Waals surface area contributed by atoms with E-state index in [1.807, 2.05) is 12.1 Å². The second-order valence-electron chi connectivity index (χ2n) is 4.94. The molecule has 0 spiro atoms. The van der Waals surface area contributed by atoms with Crippen LogP contribution in [0, 0.1) is 0 Å². The molecule has 1 saturated carbocycles. The Morgan fingerprint density at radius 2 is 1.76 bits per heavy atom. The molecule has 0 aromatic heterocycles. The summed E-state index contributed by atoms with van der Waals surface area (Å²) in [6, 6.07) is 9.21. The number of halogens is 1. The molecule has 0 aliphatic heterocycles. The van der Waals surface area contributed by atoms with E-state index in [4.69, 9.17) is 17.3 Å². The highest BCUT2D eigenvalue weighted by Crippen LogP contribution is 2.17. The van der Waals surface area contributed by atoms with Gasteiger partial charge in [-0.2, -0.15) is 0 Å². The van der Waals surface area contributed by atoms with E-state index in [0.717, 1.165) is 18.0 Å². The smallest absolute Gasteiger partial charge is 0.0406 e. The summed E-state index contributed by atoms with van der Waals surface area (Å²) >= 11 is 5.85. The molecule has 1 aliphatic rings. The van der Waals surface area contributed by atoms with Crippen molar-refractivity contribution < 1.29 is 0 Å². The Hall–Kier alpha value is -0.570. The Bertz CT molecular complexity index is 329. The first-order chi connectivity index (χ1) is 8.24. The second kappa shape index (κ2) is 6.39. The van der Waals surface area contributed by atoms with Crippen LogP contribution < -0.4 is 11.1 Å². The Balaban J connectivity index is 1.67. The van der Waals surface area contributed by atoms with Crippen LogP contribution in [0.2, 0.25) is 5.02 Å². The van der Waals surface area contributed by atoms with E-state index in [1.165, 1.54) is 31.2 Å². The minimum absolute atomic E-state index is 0.435. The van der Waals surface area contributed by atoms with Crippen molar-refractivity contribution in [2.24, 2.45) is 5.73 Å². The minimum Gasteiger partial charge on any atom is -0.328 e. The summed E-state index contributed by atoms with van der Waals surface area (Å²) in [6.07, 6.45) is 5.85. The van der Waals surface area contributed by atoms with Crippen molar-refractivity contribution >= 4 is 11.6 Å². The SMILES string of the molecule is NC1CCC(NCCc2ccc(Cl)cc2)CC1. The number of nitrogens with one attached hydrogen (secondary N) is 1. The maximum absolute atomic E-state index is 5.89. The summed E-state index contributed by atoms with van der Waals surface area (Å²) < 4.78 is 0. The number of nitrogens with two attached hydrogens (primary N) is 1. The quantitative estimate of drug-likeness (QED) is 0.865. The van der Waals surface area contributed by atoms with Crippen LogP contribution in [0.25, 0.3) is 0 Å². The molecule has 0 radical (unpaired) electrons. The van der Waals surface area contributed by atoms with Gasteiger partial charge in [-0.1, -0.05) is 23.7 Å². The molecule has 3 heteroatoms. The molecule has 0 saturated heterocycles. The third-order valence-electron chi connectivity index (χ3n) is 3.53. The Morgan fingerprint density at radius 3 is 2.41 bits per heavy atom. The first-order valence-electron chi connectivity index (χ1n) is 6.47. The lowest BCUT2D eigenvalue weighted by Crippen LogP contribution is -2.38. The van der Waals surface area contributed by atoms with Gasteiger partial charge in [0.25, 0.3) is 0 Å². The van der Waals surface area contributed by atoms with Gasteiger partial charge in [0.15, 0.2) is 0 Å². The predicted molar refractivity (Wildman–Crippen MR) is 73.4 cm³/mol. The van der Waals surface area contributed by atoms with Gasteiger partial charge in [0.1, 0.15) is 0 Å². The van der Waals surface area contributed by atoms with Crippen molar-refractivity contribution in [3.05, 3.63) is 34.9 Å². The Morgan fingerprint density at radius 1 is 1.12 bits per heavy atom. The molecule has 3 N–H and O–H groups in total. The van der Waals surface area contributed by atoms with Crippen LogP contribution in [-0.4, -0.2) is 18.6 Å². The number of benzene rings is 1. The van der Waals surface area contributed by atoms with E-state index < -0.39 is 0 Å². The van der Waals surface area contributed by atoms with Crippen molar-refractivity contribution in [2.45, 2.75) is 44.2 Å². The van der Waals surface area contributed by atoms with E-state index >= 15 is 0 Å². The molecule has 2 rings (SSSR count). The molecule has 17 heavy (non-hydrogen) atoms. The zero-order valence-corrected chi connectivity index (χ0v) is 10.9. The van der Waals surface area contributed by atoms with Crippen molar-refractivity contribution in [3.63, 3.8) is 0 Å². The number of hydrogen-bond donors (Lipinski definition) is 2. The van der Waals surface area contributed by atoms with E-state index in [-0.39, 0.29) is 0 Å². The molecule has 0 heterocycles. The fourth-order valence-electron chi connectivity index (χ4n) is 2.40. The summed E-state index contributed by atoms with van der Waals surface area (Å²) in [6.45, 7) is 1.04. The van der Waals surface area contributed by atoms with Gasteiger partial charge in [0.2, 0.25) is 0 Å². The zero-order valence-electron chi connectivity index (χ0n) is 10.2. The van der Waals surface area contributed by atoms with Crippen molar-refractivity contribution in [1.29, 1.82) is 0 Å². The summed E-state index contributed by atoms with van der Waals surface area (Å²) in [5.41, 5.74) is 7.23. The van der Waals surface area contributed by atoms with Gasteiger partial charge in [-0.25, -0.2) is 0 Å². The first-order valence-corrected chi connectivity index (χ1v) is 6.85. The Labute approximate surface area is 109 Å². The fraction of sp³-hybridized carbons (Fsp3) is 0.571. The van der Waals surface area contributed by atoms with Gasteiger partial charge in [-0.3, -0.25) is 0 Å². The largest absolute Gasteiger partial charge is 0.328 e. The zero-order chi connectivity index (χ0) is 12.1. The van der Waals surface area contributed by atoms with Crippen LogP contribution in [0.1, 0.15) is 31.2 Å². The van der Waals surface area contributed by atoms with E-state index in [1.54, 1.807) is 0 Å². The molecule has 1 aromatic carbocycles. The lowest BCUT2D eigenvalue weighted by molar-refractivity contribution is 0.344. The topological polar surface area (TPSA) is 38.0 Å². The third kappa shape index (κ3) is 4.30. The van der Waals surface area contributed by atoms with Gasteiger partial charge in [-0.15, -0.1) is 0 Å². The Kier molecular flexibility index (Phi) is 4.84. The standard InChI is InChI=1S/C14H21ClN2/c15-12-3-1-11(2-4-12)9-10-17-14-7-5-13(16)6-8-14/h1-4,13-14,17H,5-10,16H2. The molecule has 0 amide bonds. The fourth-order valence-corrected chi connectivity index (χ4v) is 2.52. The molecule has 2 nitrogen and oxygen atoms in total. The van der Waals surface area contributed by atoms with Crippen molar-refractivity contribution in [1.82, 2.24) is 5.32 Å². The van der Waals surface area contributed by atoms with Crippen LogP contribution in [0.3, 0.4) is 0 Å². The molecule has 1 aliphatic carbocycles. The van der Waals surface area contributed by atoms with Gasteiger partial charge in [0, 0.05) is 17.1 Å². The van der Waals surface area contributed by atoms with Crippen LogP contribution >= 0.6 is 11.6 Å². The van der Waals surface area contributed by atoms with E-state index in [9.17, 15) is 0 Å². The lowest BCUT2D eigenvalue weighted by atomic mass is 9.92. The molecule has 94 valence electrons. The number of rotatable bonds is 4. The highest BCUT2D eigenvalue weighted by molar-refractivity contribution is 6.30. The van der Waals surface area contributed by atoms with Gasteiger partial charge in [0.05, 0.1) is 0 Å². The molecular weight excluding hydrogens is 232 g/mol. The van der Waals surface area contributed by atoms with Crippen LogP contribution in [0.4, 0.5) is 0 Å². The normalized spacial score (nSPS) is 24.8. The average molecular weight is 253 g/mol. The highest BCUT2D eigenvalue weighted by atomic mass is 35.5.